The van der Waals surface area contributed by atoms with Crippen LogP contribution in [0.25, 0.3) is 22.3 Å². The van der Waals surface area contributed by atoms with Gasteiger partial charge in [0.05, 0.1) is 35.7 Å². The number of aryl methyl sites for hydroxylation is 1. The molecule has 0 radical (unpaired) electrons. The second-order valence-electron chi connectivity index (χ2n) is 10.2. The van der Waals surface area contributed by atoms with Crippen LogP contribution in [-0.4, -0.2) is 41.1 Å². The number of ether oxygens (including phenoxy) is 3. The van der Waals surface area contributed by atoms with Gasteiger partial charge in [-0.05, 0) is 56.0 Å². The number of hydrogen-bond acceptors (Lipinski definition) is 7. The predicted octanol–water partition coefficient (Wildman–Crippen LogP) is 3.85. The topological polar surface area (TPSA) is 94.8 Å². The fraction of sp³-hybridized carbons (Fsp3) is 0.500. The Hall–Kier alpha value is -2.94. The summed E-state index contributed by atoms with van der Waals surface area (Å²) in [6.07, 6.45) is 2.27. The van der Waals surface area contributed by atoms with Crippen molar-refractivity contribution in [2.75, 3.05) is 20.4 Å². The normalized spacial score (nSPS) is 15.4. The number of aliphatic hydroxyl groups is 1. The molecule has 2 N–H and O–H groups in total. The van der Waals surface area contributed by atoms with Gasteiger partial charge in [0.1, 0.15) is 0 Å². The summed E-state index contributed by atoms with van der Waals surface area (Å²) in [4.78, 5) is 18.7. The molecule has 36 heavy (non-hydrogen) atoms. The summed E-state index contributed by atoms with van der Waals surface area (Å²) >= 11 is 0. The molecule has 0 spiro atoms. The Morgan fingerprint density at radius 2 is 1.97 bits per heavy atom. The van der Waals surface area contributed by atoms with Gasteiger partial charge in [0.15, 0.2) is 11.5 Å². The van der Waals surface area contributed by atoms with Gasteiger partial charge in [0.2, 0.25) is 6.79 Å². The zero-order chi connectivity index (χ0) is 25.6. The number of fused-ring (bicyclic) bond motifs is 5. The van der Waals surface area contributed by atoms with Crippen LogP contribution >= 0.6 is 0 Å². The lowest BCUT2D eigenvalue weighted by atomic mass is 9.89. The largest absolute Gasteiger partial charge is 0.454 e. The second-order valence-corrected chi connectivity index (χ2v) is 10.2. The molecule has 0 amide bonds. The van der Waals surface area contributed by atoms with Crippen molar-refractivity contribution >= 4 is 10.9 Å². The van der Waals surface area contributed by atoms with E-state index in [9.17, 15) is 9.90 Å². The van der Waals surface area contributed by atoms with Crippen molar-refractivity contribution < 1.29 is 19.3 Å². The van der Waals surface area contributed by atoms with Gasteiger partial charge in [-0.25, -0.2) is 4.98 Å². The predicted molar refractivity (Wildman–Crippen MR) is 139 cm³/mol. The molecular formula is C28H35N3O5. The van der Waals surface area contributed by atoms with Crippen LogP contribution in [-0.2, 0) is 29.9 Å². The van der Waals surface area contributed by atoms with Crippen LogP contribution in [0.4, 0.5) is 0 Å². The minimum atomic E-state index is -1.15. The number of nitrogens with one attached hydrogen (secondary N) is 1. The molecule has 0 saturated carbocycles. The Morgan fingerprint density at radius 1 is 1.22 bits per heavy atom. The first kappa shape index (κ1) is 24.7. The zero-order valence-corrected chi connectivity index (χ0v) is 21.7. The molecule has 0 bridgehead atoms. The summed E-state index contributed by atoms with van der Waals surface area (Å²) < 4.78 is 18.4. The molecule has 0 aliphatic carbocycles. The van der Waals surface area contributed by atoms with Gasteiger partial charge in [-0.3, -0.25) is 4.79 Å². The summed E-state index contributed by atoms with van der Waals surface area (Å²) in [5, 5.41) is 15.7. The van der Waals surface area contributed by atoms with E-state index in [4.69, 9.17) is 19.2 Å². The molecule has 2 aromatic heterocycles. The van der Waals surface area contributed by atoms with E-state index in [-0.39, 0.29) is 19.0 Å². The highest BCUT2D eigenvalue weighted by molar-refractivity contribution is 5.90. The average Bonchev–Trinajstić information content (AvgIpc) is 3.45. The van der Waals surface area contributed by atoms with Gasteiger partial charge in [-0.1, -0.05) is 20.8 Å². The molecule has 0 unspecified atom stereocenters. The molecule has 3 aromatic rings. The zero-order valence-electron chi connectivity index (χ0n) is 21.7. The van der Waals surface area contributed by atoms with Crippen LogP contribution in [0.15, 0.2) is 23.0 Å². The smallest absolute Gasteiger partial charge is 0.257 e. The van der Waals surface area contributed by atoms with Crippen LogP contribution < -0.4 is 20.3 Å². The number of hydrogen-bond donors (Lipinski definition) is 2. The molecule has 8 nitrogen and oxygen atoms in total. The summed E-state index contributed by atoms with van der Waals surface area (Å²) in [6.45, 7) is 9.63. The van der Waals surface area contributed by atoms with Crippen LogP contribution in [0.3, 0.4) is 0 Å². The highest BCUT2D eigenvalue weighted by Crippen LogP contribution is 2.42. The van der Waals surface area contributed by atoms with E-state index in [1.165, 1.54) is 5.56 Å². The average molecular weight is 494 g/mol. The van der Waals surface area contributed by atoms with Crippen molar-refractivity contribution in [2.45, 2.75) is 71.8 Å². The molecule has 2 aliphatic heterocycles. The SMILES string of the molecule is CC[C@](C)(O)c1cc2n(c(=O)c1COC)Cc1c-2nc2cc3c(cc2c1CCCNC(C)C)OCO3. The molecule has 0 fully saturated rings. The van der Waals surface area contributed by atoms with Crippen molar-refractivity contribution in [2.24, 2.45) is 0 Å². The maximum atomic E-state index is 13.7. The van der Waals surface area contributed by atoms with Crippen molar-refractivity contribution in [3.63, 3.8) is 0 Å². The minimum Gasteiger partial charge on any atom is -0.454 e. The van der Waals surface area contributed by atoms with Crippen LogP contribution in [0, 0.1) is 0 Å². The van der Waals surface area contributed by atoms with Gasteiger partial charge in [0.25, 0.3) is 5.56 Å². The van der Waals surface area contributed by atoms with E-state index < -0.39 is 5.60 Å². The third-order valence-corrected chi connectivity index (χ3v) is 7.37. The van der Waals surface area contributed by atoms with Gasteiger partial charge in [0, 0.05) is 35.7 Å². The fourth-order valence-corrected chi connectivity index (χ4v) is 5.24. The Bertz CT molecular complexity index is 1380. The van der Waals surface area contributed by atoms with E-state index >= 15 is 0 Å². The number of pyridine rings is 2. The van der Waals surface area contributed by atoms with Gasteiger partial charge in [-0.2, -0.15) is 0 Å². The quantitative estimate of drug-likeness (QED) is 0.342. The lowest BCUT2D eigenvalue weighted by Gasteiger charge is -2.25. The molecule has 192 valence electrons. The minimum absolute atomic E-state index is 0.137. The molecule has 0 saturated heterocycles. The van der Waals surface area contributed by atoms with Crippen LogP contribution in [0.1, 0.15) is 62.8 Å². The first-order valence-corrected chi connectivity index (χ1v) is 12.7. The fourth-order valence-electron chi connectivity index (χ4n) is 5.24. The Morgan fingerprint density at radius 3 is 2.67 bits per heavy atom. The Kier molecular flexibility index (Phi) is 6.53. The van der Waals surface area contributed by atoms with Gasteiger partial charge < -0.3 is 29.2 Å². The number of aromatic nitrogens is 2. The standard InChI is InChI=1S/C28H35N3O5/c1-6-28(4,33)21-11-23-26-19(13-31(23)27(32)20(21)14-34-5)17(8-7-9-29-16(2)3)18-10-24-25(36-15-35-24)12-22(18)30-26/h10-12,16,29,33H,6-9,13-15H2,1-5H3/t28-/m0/s1. The van der Waals surface area contributed by atoms with E-state index in [1.54, 1.807) is 18.6 Å². The highest BCUT2D eigenvalue weighted by atomic mass is 16.7. The molecule has 5 rings (SSSR count). The molecular weight excluding hydrogens is 458 g/mol. The summed E-state index contributed by atoms with van der Waals surface area (Å²) in [6, 6.07) is 6.30. The van der Waals surface area contributed by atoms with Gasteiger partial charge in [-0.15, -0.1) is 0 Å². The number of nitrogens with zero attached hydrogens (tertiary/aromatic N) is 2. The second kappa shape index (κ2) is 9.50. The lowest BCUT2D eigenvalue weighted by Crippen LogP contribution is -2.31. The van der Waals surface area contributed by atoms with Crippen molar-refractivity contribution in [3.8, 4) is 22.9 Å². The first-order valence-electron chi connectivity index (χ1n) is 12.7. The monoisotopic (exact) mass is 493 g/mol. The third-order valence-electron chi connectivity index (χ3n) is 7.37. The van der Waals surface area contributed by atoms with Gasteiger partial charge >= 0.3 is 0 Å². The molecule has 1 aromatic carbocycles. The van der Waals surface area contributed by atoms with E-state index in [0.717, 1.165) is 53.0 Å². The lowest BCUT2D eigenvalue weighted by molar-refractivity contribution is 0.0495. The molecule has 8 heteroatoms. The van der Waals surface area contributed by atoms with Crippen molar-refractivity contribution in [1.29, 1.82) is 0 Å². The number of rotatable bonds is 9. The molecule has 2 aliphatic rings. The highest BCUT2D eigenvalue weighted by Gasteiger charge is 2.33. The molecule has 1 atom stereocenters. The number of methoxy groups -OCH3 is 1. The van der Waals surface area contributed by atoms with E-state index in [1.807, 2.05) is 25.1 Å². The number of benzene rings is 1. The Balaban J connectivity index is 1.70. The third kappa shape index (κ3) is 4.17. The van der Waals surface area contributed by atoms with E-state index in [0.29, 0.717) is 35.9 Å². The summed E-state index contributed by atoms with van der Waals surface area (Å²) in [5.41, 5.74) is 4.39. The molecule has 4 heterocycles. The summed E-state index contributed by atoms with van der Waals surface area (Å²) in [7, 11) is 1.57. The Labute approximate surface area is 211 Å². The van der Waals surface area contributed by atoms with Crippen molar-refractivity contribution in [3.05, 3.63) is 50.8 Å². The first-order chi connectivity index (χ1) is 17.2. The maximum Gasteiger partial charge on any atom is 0.257 e. The van der Waals surface area contributed by atoms with Crippen molar-refractivity contribution in [1.82, 2.24) is 14.9 Å². The van der Waals surface area contributed by atoms with Crippen LogP contribution in [0.5, 0.6) is 11.5 Å². The van der Waals surface area contributed by atoms with Crippen LogP contribution in [0.2, 0.25) is 0 Å². The maximum absolute atomic E-state index is 13.7. The summed E-state index contributed by atoms with van der Waals surface area (Å²) in [5.74, 6) is 1.41. The van der Waals surface area contributed by atoms with E-state index in [2.05, 4.69) is 19.2 Å².